The first-order chi connectivity index (χ1) is 9.40. The second-order valence-electron chi connectivity index (χ2n) is 3.99. The summed E-state index contributed by atoms with van der Waals surface area (Å²) in [6.07, 6.45) is 0. The lowest BCUT2D eigenvalue weighted by Gasteiger charge is -2.10. The molecule has 2 aromatic rings. The number of carbonyl (C=O) groups is 2. The number of rotatable bonds is 3. The van der Waals surface area contributed by atoms with Crippen LogP contribution in [0.3, 0.4) is 0 Å². The monoisotopic (exact) mass is 278 g/mol. The molecule has 0 aliphatic rings. The lowest BCUT2D eigenvalue weighted by Crippen LogP contribution is -2.05. The summed E-state index contributed by atoms with van der Waals surface area (Å²) in [6, 6.07) is 5.89. The zero-order chi connectivity index (χ0) is 14.9. The number of hydrogen-bond acceptors (Lipinski definition) is 2. The molecule has 0 saturated carbocycles. The third-order valence-electron chi connectivity index (χ3n) is 2.71. The van der Waals surface area contributed by atoms with Crippen LogP contribution in [0.15, 0.2) is 36.4 Å². The van der Waals surface area contributed by atoms with E-state index in [0.717, 1.165) is 36.4 Å². The second-order valence-corrected chi connectivity index (χ2v) is 3.99. The Morgan fingerprint density at radius 3 is 1.40 bits per heavy atom. The highest BCUT2D eigenvalue weighted by atomic mass is 19.1. The Labute approximate surface area is 111 Å². The van der Waals surface area contributed by atoms with Crippen LogP contribution in [0.2, 0.25) is 0 Å². The predicted molar refractivity (Wildman–Crippen MR) is 65.7 cm³/mol. The van der Waals surface area contributed by atoms with Crippen molar-refractivity contribution in [3.05, 3.63) is 59.2 Å². The summed E-state index contributed by atoms with van der Waals surface area (Å²) in [5.41, 5.74) is -0.759. The van der Waals surface area contributed by atoms with E-state index in [1.165, 1.54) is 0 Å². The third kappa shape index (κ3) is 2.49. The molecule has 0 radical (unpaired) electrons. The van der Waals surface area contributed by atoms with Gasteiger partial charge in [0.05, 0.1) is 11.1 Å². The molecule has 0 fully saturated rings. The molecule has 0 aliphatic heterocycles. The van der Waals surface area contributed by atoms with Crippen LogP contribution in [0.4, 0.5) is 8.78 Å². The van der Waals surface area contributed by atoms with Crippen LogP contribution in [-0.4, -0.2) is 22.2 Å². The Balaban J connectivity index is 2.75. The van der Waals surface area contributed by atoms with E-state index < -0.39 is 23.6 Å². The minimum Gasteiger partial charge on any atom is -0.478 e. The predicted octanol–water partition coefficient (Wildman–Crippen LogP) is 3.03. The minimum atomic E-state index is -1.40. The Morgan fingerprint density at radius 2 is 1.10 bits per heavy atom. The van der Waals surface area contributed by atoms with Crippen molar-refractivity contribution in [1.82, 2.24) is 0 Å². The fourth-order valence-electron chi connectivity index (χ4n) is 1.86. The zero-order valence-corrected chi connectivity index (χ0v) is 9.93. The molecular formula is C14H8F2O4. The fourth-order valence-corrected chi connectivity index (χ4v) is 1.86. The summed E-state index contributed by atoms with van der Waals surface area (Å²) in [7, 11) is 0. The molecule has 2 N–H and O–H groups in total. The normalized spacial score (nSPS) is 10.3. The molecule has 0 amide bonds. The molecule has 102 valence electrons. The first-order valence-electron chi connectivity index (χ1n) is 5.46. The lowest BCUT2D eigenvalue weighted by molar-refractivity contribution is 0.0684. The van der Waals surface area contributed by atoms with Crippen molar-refractivity contribution in [1.29, 1.82) is 0 Å². The summed E-state index contributed by atoms with van der Waals surface area (Å²) in [5, 5.41) is 18.1. The average Bonchev–Trinajstić information content (AvgIpc) is 2.38. The number of carboxylic acids is 2. The molecule has 0 aromatic heterocycles. The zero-order valence-electron chi connectivity index (χ0n) is 9.93. The van der Waals surface area contributed by atoms with Gasteiger partial charge in [0.25, 0.3) is 0 Å². The summed E-state index contributed by atoms with van der Waals surface area (Å²) < 4.78 is 26.2. The Hall–Kier alpha value is -2.76. The van der Waals surface area contributed by atoms with Crippen LogP contribution in [0.25, 0.3) is 11.1 Å². The van der Waals surface area contributed by atoms with Gasteiger partial charge < -0.3 is 10.2 Å². The summed E-state index contributed by atoms with van der Waals surface area (Å²) in [5.74, 6) is -4.32. The smallest absolute Gasteiger partial charge is 0.336 e. The summed E-state index contributed by atoms with van der Waals surface area (Å²) in [6.45, 7) is 0. The van der Waals surface area contributed by atoms with E-state index in [1.54, 1.807) is 0 Å². The highest BCUT2D eigenvalue weighted by Crippen LogP contribution is 2.28. The second kappa shape index (κ2) is 5.08. The number of hydrogen-bond donors (Lipinski definition) is 2. The van der Waals surface area contributed by atoms with Gasteiger partial charge in [-0.3, -0.25) is 0 Å². The van der Waals surface area contributed by atoms with Crippen LogP contribution in [0, 0.1) is 11.6 Å². The van der Waals surface area contributed by atoms with Crippen LogP contribution in [0.1, 0.15) is 20.7 Å². The van der Waals surface area contributed by atoms with Gasteiger partial charge in [-0.25, -0.2) is 18.4 Å². The van der Waals surface area contributed by atoms with Gasteiger partial charge in [-0.1, -0.05) is 12.1 Å². The average molecular weight is 278 g/mol. The molecule has 2 rings (SSSR count). The molecule has 0 bridgehead atoms. The molecule has 0 saturated heterocycles. The third-order valence-corrected chi connectivity index (χ3v) is 2.71. The van der Waals surface area contributed by atoms with E-state index in [1.807, 2.05) is 0 Å². The van der Waals surface area contributed by atoms with Crippen molar-refractivity contribution in [3.63, 3.8) is 0 Å². The standard InChI is InChI=1S/C14H8F2O4/c15-7-1-3-9(11(5-7)13(17)18)10-4-2-8(16)6-12(10)14(19)20/h1-6H,(H,17,18)(H,19,20). The van der Waals surface area contributed by atoms with Crippen LogP contribution < -0.4 is 0 Å². The SMILES string of the molecule is O=C(O)c1cc(F)ccc1-c1ccc(F)cc1C(=O)O. The topological polar surface area (TPSA) is 74.6 Å². The van der Waals surface area contributed by atoms with Gasteiger partial charge >= 0.3 is 11.9 Å². The molecular weight excluding hydrogens is 270 g/mol. The van der Waals surface area contributed by atoms with Crippen molar-refractivity contribution in [3.8, 4) is 11.1 Å². The molecule has 0 atom stereocenters. The molecule has 20 heavy (non-hydrogen) atoms. The van der Waals surface area contributed by atoms with E-state index in [4.69, 9.17) is 10.2 Å². The van der Waals surface area contributed by atoms with Crippen molar-refractivity contribution in [2.24, 2.45) is 0 Å². The quantitative estimate of drug-likeness (QED) is 0.905. The van der Waals surface area contributed by atoms with E-state index >= 15 is 0 Å². The van der Waals surface area contributed by atoms with E-state index in [9.17, 15) is 18.4 Å². The largest absolute Gasteiger partial charge is 0.478 e. The van der Waals surface area contributed by atoms with Crippen LogP contribution >= 0.6 is 0 Å². The summed E-state index contributed by atoms with van der Waals surface area (Å²) >= 11 is 0. The minimum absolute atomic E-state index is 0.0105. The Morgan fingerprint density at radius 1 is 0.750 bits per heavy atom. The highest BCUT2D eigenvalue weighted by Gasteiger charge is 2.19. The maximum atomic E-state index is 13.1. The first kappa shape index (κ1) is 13.7. The van der Waals surface area contributed by atoms with Crippen molar-refractivity contribution in [2.75, 3.05) is 0 Å². The Kier molecular flexibility index (Phi) is 3.47. The van der Waals surface area contributed by atoms with Gasteiger partial charge in [-0.05, 0) is 35.4 Å². The maximum Gasteiger partial charge on any atom is 0.336 e. The van der Waals surface area contributed by atoms with Crippen molar-refractivity contribution in [2.45, 2.75) is 0 Å². The van der Waals surface area contributed by atoms with Gasteiger partial charge in [0.15, 0.2) is 0 Å². The summed E-state index contributed by atoms with van der Waals surface area (Å²) in [4.78, 5) is 22.2. The first-order valence-corrected chi connectivity index (χ1v) is 5.46. The van der Waals surface area contributed by atoms with Gasteiger partial charge in [0.2, 0.25) is 0 Å². The number of aromatic carboxylic acids is 2. The van der Waals surface area contributed by atoms with Gasteiger partial charge in [0.1, 0.15) is 11.6 Å². The molecule has 0 aliphatic carbocycles. The van der Waals surface area contributed by atoms with Gasteiger partial charge in [-0.2, -0.15) is 0 Å². The molecule has 0 heterocycles. The fraction of sp³-hybridized carbons (Fsp3) is 0. The van der Waals surface area contributed by atoms with Gasteiger partial charge in [-0.15, -0.1) is 0 Å². The maximum absolute atomic E-state index is 13.1. The molecule has 4 nitrogen and oxygen atoms in total. The molecule has 6 heteroatoms. The van der Waals surface area contributed by atoms with Crippen molar-refractivity contribution < 1.29 is 28.6 Å². The number of carboxylic acid groups (broad SMARTS) is 2. The lowest BCUT2D eigenvalue weighted by atomic mass is 9.95. The molecule has 0 spiro atoms. The highest BCUT2D eigenvalue weighted by molar-refractivity contribution is 6.02. The van der Waals surface area contributed by atoms with E-state index in [-0.39, 0.29) is 22.3 Å². The molecule has 2 aromatic carbocycles. The molecule has 0 unspecified atom stereocenters. The van der Waals surface area contributed by atoms with Gasteiger partial charge in [0, 0.05) is 0 Å². The van der Waals surface area contributed by atoms with Crippen molar-refractivity contribution >= 4 is 11.9 Å². The Bertz CT molecular complexity index is 649. The van der Waals surface area contributed by atoms with Crippen LogP contribution in [-0.2, 0) is 0 Å². The number of halogens is 2. The number of benzene rings is 2. The van der Waals surface area contributed by atoms with E-state index in [0.29, 0.717) is 0 Å². The van der Waals surface area contributed by atoms with E-state index in [2.05, 4.69) is 0 Å². The van der Waals surface area contributed by atoms with Crippen LogP contribution in [0.5, 0.6) is 0 Å².